The summed E-state index contributed by atoms with van der Waals surface area (Å²) >= 11 is 0. The number of hydrogen-bond donors (Lipinski definition) is 1. The van der Waals surface area contributed by atoms with E-state index in [1.165, 1.54) is 46.0 Å². The van der Waals surface area contributed by atoms with Gasteiger partial charge in [0, 0.05) is 12.1 Å². The van der Waals surface area contributed by atoms with E-state index in [0.717, 1.165) is 6.20 Å². The van der Waals surface area contributed by atoms with Gasteiger partial charge in [0.05, 0.1) is 41.9 Å². The van der Waals surface area contributed by atoms with E-state index >= 15 is 0 Å². The molecule has 0 fully saturated rings. The van der Waals surface area contributed by atoms with Crippen LogP contribution in [0.15, 0.2) is 42.7 Å². The van der Waals surface area contributed by atoms with Crippen molar-refractivity contribution < 1.29 is 31.9 Å². The first-order valence-corrected chi connectivity index (χ1v) is 9.96. The Morgan fingerprint density at radius 2 is 1.79 bits per heavy atom. The van der Waals surface area contributed by atoms with Crippen LogP contribution in [-0.4, -0.2) is 43.2 Å². The molecule has 174 valence electrons. The largest absolute Gasteiger partial charge is 0.424 e. The van der Waals surface area contributed by atoms with Crippen molar-refractivity contribution in [3.05, 3.63) is 71.4 Å². The highest BCUT2D eigenvalue weighted by molar-refractivity contribution is 5.95. The first-order valence-electron chi connectivity index (χ1n) is 9.96. The zero-order valence-corrected chi connectivity index (χ0v) is 17.6. The summed E-state index contributed by atoms with van der Waals surface area (Å²) in [6.07, 6.45) is -2.89. The lowest BCUT2D eigenvalue weighted by molar-refractivity contribution is -0.263. The molecule has 11 heteroatoms. The fourth-order valence-corrected chi connectivity index (χ4v) is 3.86. The fraction of sp³-hybridized carbons (Fsp3) is 0.318. The molecular formula is C22H19F5N4O2. The van der Waals surface area contributed by atoms with Crippen LogP contribution in [0.4, 0.5) is 22.0 Å². The van der Waals surface area contributed by atoms with E-state index in [1.807, 2.05) is 0 Å². The average molecular weight is 466 g/mol. The maximum atomic E-state index is 14.5. The summed E-state index contributed by atoms with van der Waals surface area (Å²) in [6.45, 7) is 2.04. The molecule has 1 amide bonds. The van der Waals surface area contributed by atoms with Crippen LogP contribution in [0, 0.1) is 11.6 Å². The Bertz CT molecular complexity index is 1200. The number of aromatic nitrogens is 3. The van der Waals surface area contributed by atoms with E-state index in [2.05, 4.69) is 9.97 Å². The Balaban J connectivity index is 1.65. The van der Waals surface area contributed by atoms with Crippen molar-refractivity contribution in [2.24, 2.45) is 0 Å². The fourth-order valence-electron chi connectivity index (χ4n) is 3.86. The number of rotatable bonds is 3. The van der Waals surface area contributed by atoms with Crippen molar-refractivity contribution in [1.82, 2.24) is 19.4 Å². The molecule has 0 aliphatic carbocycles. The molecule has 2 atom stereocenters. The molecule has 3 aromatic rings. The molecule has 1 unspecified atom stereocenters. The van der Waals surface area contributed by atoms with Gasteiger partial charge in [-0.3, -0.25) is 9.78 Å². The summed E-state index contributed by atoms with van der Waals surface area (Å²) in [5, 5.41) is 10.1. The molecule has 0 bridgehead atoms. The van der Waals surface area contributed by atoms with Gasteiger partial charge < -0.3 is 14.6 Å². The Morgan fingerprint density at radius 1 is 1.12 bits per heavy atom. The number of fused-ring (bicyclic) bond motifs is 1. The molecule has 3 heterocycles. The van der Waals surface area contributed by atoms with Crippen LogP contribution in [0.5, 0.6) is 0 Å². The Labute approximate surface area is 185 Å². The predicted octanol–water partition coefficient (Wildman–Crippen LogP) is 4.21. The van der Waals surface area contributed by atoms with Crippen LogP contribution in [0.1, 0.15) is 41.8 Å². The Kier molecular flexibility index (Phi) is 5.47. The number of nitrogens with zero attached hydrogens (tertiary/aromatic N) is 4. The lowest BCUT2D eigenvalue weighted by Gasteiger charge is -2.36. The van der Waals surface area contributed by atoms with Gasteiger partial charge in [-0.1, -0.05) is 0 Å². The number of imidazole rings is 1. The monoisotopic (exact) mass is 466 g/mol. The first-order chi connectivity index (χ1) is 15.4. The van der Waals surface area contributed by atoms with Gasteiger partial charge in [0.15, 0.2) is 11.6 Å². The van der Waals surface area contributed by atoms with Gasteiger partial charge in [0.2, 0.25) is 5.60 Å². The minimum Gasteiger partial charge on any atom is -0.374 e. The van der Waals surface area contributed by atoms with Gasteiger partial charge in [0.25, 0.3) is 5.91 Å². The second-order valence-corrected chi connectivity index (χ2v) is 8.10. The summed E-state index contributed by atoms with van der Waals surface area (Å²) < 4.78 is 68.9. The molecule has 1 aromatic carbocycles. The predicted molar refractivity (Wildman–Crippen MR) is 107 cm³/mol. The van der Waals surface area contributed by atoms with Crippen molar-refractivity contribution in [2.45, 2.75) is 38.2 Å². The van der Waals surface area contributed by atoms with Crippen molar-refractivity contribution in [3.63, 3.8) is 0 Å². The van der Waals surface area contributed by atoms with Crippen LogP contribution in [0.3, 0.4) is 0 Å². The van der Waals surface area contributed by atoms with E-state index in [1.54, 1.807) is 6.92 Å². The quantitative estimate of drug-likeness (QED) is 0.587. The number of aliphatic hydroxyl groups is 1. The van der Waals surface area contributed by atoms with Crippen molar-refractivity contribution in [2.75, 3.05) is 6.54 Å². The van der Waals surface area contributed by atoms with E-state index < -0.39 is 41.2 Å². The molecule has 1 aliphatic rings. The third-order valence-electron chi connectivity index (χ3n) is 5.65. The minimum atomic E-state index is -4.95. The summed E-state index contributed by atoms with van der Waals surface area (Å²) in [6, 6.07) is 5.90. The van der Waals surface area contributed by atoms with Gasteiger partial charge in [-0.15, -0.1) is 0 Å². The van der Waals surface area contributed by atoms with E-state index in [4.69, 9.17) is 0 Å². The van der Waals surface area contributed by atoms with Crippen LogP contribution in [0.2, 0.25) is 0 Å². The molecule has 0 spiro atoms. The summed E-state index contributed by atoms with van der Waals surface area (Å²) in [4.78, 5) is 22.1. The molecule has 0 saturated heterocycles. The number of alkyl halides is 3. The average Bonchev–Trinajstić information content (AvgIpc) is 3.19. The lowest BCUT2D eigenvalue weighted by Crippen LogP contribution is -2.45. The summed E-state index contributed by atoms with van der Waals surface area (Å²) in [7, 11) is 0. The highest BCUT2D eigenvalue weighted by Gasteiger charge is 2.55. The SMILES string of the molecule is C[C@H]1CN(C(=O)c2cc(-c3ccc(F)cc3)ncc2F)Cc2cnc(C(C)(O)C(F)(F)F)n21. The van der Waals surface area contributed by atoms with Crippen LogP contribution in [-0.2, 0) is 12.1 Å². The zero-order chi connectivity index (χ0) is 24.1. The number of benzene rings is 1. The number of halogens is 5. The molecule has 0 radical (unpaired) electrons. The third kappa shape index (κ3) is 3.97. The van der Waals surface area contributed by atoms with E-state index in [0.29, 0.717) is 12.5 Å². The third-order valence-corrected chi connectivity index (χ3v) is 5.65. The van der Waals surface area contributed by atoms with Crippen LogP contribution in [0.25, 0.3) is 11.3 Å². The van der Waals surface area contributed by atoms with E-state index in [9.17, 15) is 31.9 Å². The smallest absolute Gasteiger partial charge is 0.374 e. The highest BCUT2D eigenvalue weighted by atomic mass is 19.4. The van der Waals surface area contributed by atoms with Gasteiger partial charge in [-0.25, -0.2) is 13.8 Å². The molecule has 1 aliphatic heterocycles. The number of hydrogen-bond acceptors (Lipinski definition) is 4. The van der Waals surface area contributed by atoms with Crippen molar-refractivity contribution in [1.29, 1.82) is 0 Å². The van der Waals surface area contributed by atoms with Gasteiger partial charge in [0.1, 0.15) is 5.82 Å². The summed E-state index contributed by atoms with van der Waals surface area (Å²) in [5.41, 5.74) is -2.43. The molecule has 6 nitrogen and oxygen atoms in total. The maximum Gasteiger partial charge on any atom is 0.424 e. The summed E-state index contributed by atoms with van der Waals surface area (Å²) in [5.74, 6) is -2.57. The zero-order valence-electron chi connectivity index (χ0n) is 17.6. The van der Waals surface area contributed by atoms with Gasteiger partial charge >= 0.3 is 6.18 Å². The topological polar surface area (TPSA) is 71.2 Å². The number of carbonyl (C=O) groups excluding carboxylic acids is 1. The van der Waals surface area contributed by atoms with Crippen LogP contribution >= 0.6 is 0 Å². The molecular weight excluding hydrogens is 447 g/mol. The molecule has 0 saturated carbocycles. The van der Waals surface area contributed by atoms with E-state index in [-0.39, 0.29) is 30.0 Å². The maximum absolute atomic E-state index is 14.5. The van der Waals surface area contributed by atoms with Crippen molar-refractivity contribution in [3.8, 4) is 11.3 Å². The highest BCUT2D eigenvalue weighted by Crippen LogP contribution is 2.40. The number of carbonyl (C=O) groups is 1. The normalized spacial score (nSPS) is 18.1. The second-order valence-electron chi connectivity index (χ2n) is 8.10. The molecule has 2 aromatic heterocycles. The first kappa shape index (κ1) is 22.8. The molecule has 33 heavy (non-hydrogen) atoms. The Morgan fingerprint density at radius 3 is 2.42 bits per heavy atom. The van der Waals surface area contributed by atoms with Crippen LogP contribution < -0.4 is 0 Å². The van der Waals surface area contributed by atoms with Gasteiger partial charge in [-0.05, 0) is 44.2 Å². The minimum absolute atomic E-state index is 0.0310. The number of amides is 1. The molecule has 1 N–H and O–H groups in total. The number of pyridine rings is 1. The second kappa shape index (κ2) is 7.91. The standard InChI is InChI=1S/C22H19F5N4O2/c1-12-10-30(11-15-8-29-20(31(12)15)21(2,33)22(25,26)27)19(32)16-7-18(28-9-17(16)24)13-3-5-14(23)6-4-13/h3-9,12,33H,10-11H2,1-2H3/t12-,21?/m0/s1. The lowest BCUT2D eigenvalue weighted by atomic mass is 10.0. The Hall–Kier alpha value is -3.34. The molecule has 4 rings (SSSR count). The van der Waals surface area contributed by atoms with Gasteiger partial charge in [-0.2, -0.15) is 13.2 Å². The van der Waals surface area contributed by atoms with Crippen molar-refractivity contribution >= 4 is 5.91 Å².